The number of aromatic nitrogens is 3. The second-order valence-electron chi connectivity index (χ2n) is 12.0. The van der Waals surface area contributed by atoms with Crippen molar-refractivity contribution in [2.45, 2.75) is 0 Å². The highest BCUT2D eigenvalue weighted by atomic mass is 15.0. The Morgan fingerprint density at radius 1 is 0.457 bits per heavy atom. The zero-order chi connectivity index (χ0) is 30.2. The lowest BCUT2D eigenvalue weighted by atomic mass is 9.93. The molecule has 10 aromatic rings. The normalized spacial score (nSPS) is 11.9. The number of imidazole rings is 1. The van der Waals surface area contributed by atoms with Crippen LogP contribution in [0.4, 0.5) is 0 Å². The van der Waals surface area contributed by atoms with Crippen LogP contribution in [0.25, 0.3) is 88.0 Å². The molecule has 0 atom stereocenters. The minimum Gasteiger partial charge on any atom is -0.309 e. The molecule has 0 fully saturated rings. The topological polar surface area (TPSA) is 22.2 Å². The molecular formula is C43H27N3. The number of fused-ring (bicyclic) bond motifs is 11. The SMILES string of the molecule is c1ccc(-c2c(-c3ccc4c(c3)c3c5ccccc5c5ccc6ccccc6c5c3n4-c3ccccc3)nc3ccccn23)cc1. The molecule has 3 nitrogen and oxygen atoms in total. The van der Waals surface area contributed by atoms with Crippen molar-refractivity contribution in [3.63, 3.8) is 0 Å². The zero-order valence-corrected chi connectivity index (χ0v) is 24.9. The minimum absolute atomic E-state index is 0.936. The van der Waals surface area contributed by atoms with Crippen molar-refractivity contribution in [2.24, 2.45) is 0 Å². The van der Waals surface area contributed by atoms with E-state index >= 15 is 0 Å². The predicted molar refractivity (Wildman–Crippen MR) is 193 cm³/mol. The van der Waals surface area contributed by atoms with Gasteiger partial charge in [0.2, 0.25) is 0 Å². The average Bonchev–Trinajstić information content (AvgIpc) is 3.68. The van der Waals surface area contributed by atoms with Gasteiger partial charge in [-0.1, -0.05) is 121 Å². The number of para-hydroxylation sites is 1. The Morgan fingerprint density at radius 3 is 1.98 bits per heavy atom. The van der Waals surface area contributed by atoms with E-state index in [4.69, 9.17) is 4.98 Å². The van der Waals surface area contributed by atoms with E-state index in [0.717, 1.165) is 33.8 Å². The molecule has 0 aliphatic rings. The fourth-order valence-corrected chi connectivity index (χ4v) is 7.55. The molecule has 0 unspecified atom stereocenters. The van der Waals surface area contributed by atoms with Crippen LogP contribution in [-0.2, 0) is 0 Å². The van der Waals surface area contributed by atoms with Crippen molar-refractivity contribution in [1.82, 2.24) is 14.0 Å². The highest BCUT2D eigenvalue weighted by Gasteiger charge is 2.22. The molecule has 46 heavy (non-hydrogen) atoms. The van der Waals surface area contributed by atoms with Crippen LogP contribution in [-0.4, -0.2) is 14.0 Å². The molecule has 10 rings (SSSR count). The molecule has 0 aliphatic carbocycles. The van der Waals surface area contributed by atoms with Crippen LogP contribution >= 0.6 is 0 Å². The summed E-state index contributed by atoms with van der Waals surface area (Å²) in [4.78, 5) is 5.22. The van der Waals surface area contributed by atoms with Gasteiger partial charge in [0.25, 0.3) is 0 Å². The second kappa shape index (κ2) is 9.65. The lowest BCUT2D eigenvalue weighted by Crippen LogP contribution is -1.95. The Labute approximate surface area is 265 Å². The quantitative estimate of drug-likeness (QED) is 0.189. The summed E-state index contributed by atoms with van der Waals surface area (Å²) >= 11 is 0. The lowest BCUT2D eigenvalue weighted by Gasteiger charge is -2.14. The Balaban J connectivity index is 1.41. The highest BCUT2D eigenvalue weighted by molar-refractivity contribution is 6.36. The Morgan fingerprint density at radius 2 is 1.13 bits per heavy atom. The van der Waals surface area contributed by atoms with E-state index in [-0.39, 0.29) is 0 Å². The third-order valence-electron chi connectivity index (χ3n) is 9.48. The van der Waals surface area contributed by atoms with Gasteiger partial charge < -0.3 is 4.57 Å². The molecule has 0 radical (unpaired) electrons. The molecule has 0 spiro atoms. The first-order chi connectivity index (χ1) is 22.8. The number of pyridine rings is 1. The van der Waals surface area contributed by atoms with Crippen molar-refractivity contribution in [1.29, 1.82) is 0 Å². The standard InChI is InChI=1S/C43H27N3/c1-3-14-29(15-4-1)42-41(44-38-21-11-12-26-45(38)42)30-23-25-37-36(27-30)40-34-20-10-9-19-33(34)35-24-22-28-13-7-8-18-32(28)39(35)43(40)46(37)31-16-5-2-6-17-31/h1-27H. The summed E-state index contributed by atoms with van der Waals surface area (Å²) in [6.45, 7) is 0. The van der Waals surface area contributed by atoms with Crippen LogP contribution in [0.1, 0.15) is 0 Å². The summed E-state index contributed by atoms with van der Waals surface area (Å²) < 4.78 is 4.68. The zero-order valence-electron chi connectivity index (χ0n) is 24.9. The van der Waals surface area contributed by atoms with E-state index in [1.807, 2.05) is 0 Å². The van der Waals surface area contributed by atoms with Gasteiger partial charge in [-0.3, -0.25) is 4.40 Å². The van der Waals surface area contributed by atoms with E-state index in [9.17, 15) is 0 Å². The van der Waals surface area contributed by atoms with Gasteiger partial charge in [-0.25, -0.2) is 4.98 Å². The summed E-state index contributed by atoms with van der Waals surface area (Å²) in [6, 6.07) is 56.7. The van der Waals surface area contributed by atoms with Gasteiger partial charge in [0.15, 0.2) is 0 Å². The minimum atomic E-state index is 0.936. The summed E-state index contributed by atoms with van der Waals surface area (Å²) in [5.74, 6) is 0. The highest BCUT2D eigenvalue weighted by Crippen LogP contribution is 2.46. The summed E-state index contributed by atoms with van der Waals surface area (Å²) in [6.07, 6.45) is 2.11. The van der Waals surface area contributed by atoms with E-state index in [0.29, 0.717) is 0 Å². The van der Waals surface area contributed by atoms with Crippen LogP contribution in [0.3, 0.4) is 0 Å². The molecule has 7 aromatic carbocycles. The molecule has 3 aromatic heterocycles. The van der Waals surface area contributed by atoms with E-state index < -0.39 is 0 Å². The molecular weight excluding hydrogens is 558 g/mol. The largest absolute Gasteiger partial charge is 0.309 e. The van der Waals surface area contributed by atoms with Gasteiger partial charge in [-0.05, 0) is 63.3 Å². The van der Waals surface area contributed by atoms with Gasteiger partial charge in [0, 0.05) is 39.2 Å². The average molecular weight is 586 g/mol. The molecule has 0 N–H and O–H groups in total. The van der Waals surface area contributed by atoms with E-state index in [2.05, 4.69) is 173 Å². The van der Waals surface area contributed by atoms with Crippen molar-refractivity contribution >= 4 is 59.8 Å². The van der Waals surface area contributed by atoms with Crippen LogP contribution in [0.5, 0.6) is 0 Å². The van der Waals surface area contributed by atoms with Crippen molar-refractivity contribution in [2.75, 3.05) is 0 Å². The first-order valence-corrected chi connectivity index (χ1v) is 15.7. The van der Waals surface area contributed by atoms with E-state index in [1.165, 1.54) is 54.1 Å². The monoisotopic (exact) mass is 585 g/mol. The van der Waals surface area contributed by atoms with E-state index in [1.54, 1.807) is 0 Å². The Hall–Kier alpha value is -6.19. The Kier molecular flexibility index (Phi) is 5.28. The maximum atomic E-state index is 5.22. The number of rotatable bonds is 3. The summed E-state index contributed by atoms with van der Waals surface area (Å²) in [5.41, 5.74) is 8.83. The molecule has 0 saturated carbocycles. The second-order valence-corrected chi connectivity index (χ2v) is 12.0. The van der Waals surface area contributed by atoms with Crippen molar-refractivity contribution in [3.8, 4) is 28.2 Å². The molecule has 3 heterocycles. The predicted octanol–water partition coefficient (Wildman–Crippen LogP) is 11.2. The van der Waals surface area contributed by atoms with Gasteiger partial charge >= 0.3 is 0 Å². The van der Waals surface area contributed by atoms with Gasteiger partial charge in [0.05, 0.1) is 22.4 Å². The first-order valence-electron chi connectivity index (χ1n) is 15.7. The van der Waals surface area contributed by atoms with Gasteiger partial charge in [-0.15, -0.1) is 0 Å². The van der Waals surface area contributed by atoms with Crippen LogP contribution in [0.2, 0.25) is 0 Å². The molecule has 214 valence electrons. The molecule has 0 bridgehead atoms. The molecule has 3 heteroatoms. The van der Waals surface area contributed by atoms with Gasteiger partial charge in [0.1, 0.15) is 5.65 Å². The fraction of sp³-hybridized carbons (Fsp3) is 0. The number of hydrogen-bond donors (Lipinski definition) is 0. The lowest BCUT2D eigenvalue weighted by molar-refractivity contribution is 1.19. The van der Waals surface area contributed by atoms with Crippen molar-refractivity contribution < 1.29 is 0 Å². The molecule has 0 aliphatic heterocycles. The molecule has 0 amide bonds. The maximum Gasteiger partial charge on any atom is 0.137 e. The third-order valence-corrected chi connectivity index (χ3v) is 9.48. The number of hydrogen-bond acceptors (Lipinski definition) is 1. The Bertz CT molecular complexity index is 2790. The molecule has 0 saturated heterocycles. The van der Waals surface area contributed by atoms with Crippen molar-refractivity contribution in [3.05, 3.63) is 164 Å². The van der Waals surface area contributed by atoms with Crippen LogP contribution < -0.4 is 0 Å². The first kappa shape index (κ1) is 25.2. The number of nitrogens with zero attached hydrogens (tertiary/aromatic N) is 3. The third kappa shape index (κ3) is 3.51. The fourth-order valence-electron chi connectivity index (χ4n) is 7.55. The maximum absolute atomic E-state index is 5.22. The number of benzene rings is 7. The van der Waals surface area contributed by atoms with Crippen LogP contribution in [0, 0.1) is 0 Å². The summed E-state index contributed by atoms with van der Waals surface area (Å²) in [5, 5.41) is 10.1. The van der Waals surface area contributed by atoms with Crippen LogP contribution in [0.15, 0.2) is 164 Å². The van der Waals surface area contributed by atoms with Gasteiger partial charge in [-0.2, -0.15) is 0 Å². The smallest absolute Gasteiger partial charge is 0.137 e. The summed E-state index contributed by atoms with van der Waals surface area (Å²) in [7, 11) is 0.